The van der Waals surface area contributed by atoms with Crippen molar-refractivity contribution in [2.45, 2.75) is 37.4 Å². The molecule has 8 heteroatoms. The van der Waals surface area contributed by atoms with Crippen molar-refractivity contribution < 1.29 is 20.1 Å². The molecule has 0 amide bonds. The van der Waals surface area contributed by atoms with Crippen LogP contribution in [0.25, 0.3) is 22.2 Å². The highest BCUT2D eigenvalue weighted by molar-refractivity contribution is 5.85. The van der Waals surface area contributed by atoms with Gasteiger partial charge in [-0.05, 0) is 42.6 Å². The fourth-order valence-electron chi connectivity index (χ4n) is 3.69. The van der Waals surface area contributed by atoms with Gasteiger partial charge in [0.1, 0.15) is 18.3 Å². The number of aromatic nitrogens is 2. The molecule has 1 aromatic carbocycles. The maximum absolute atomic E-state index is 12.4. The van der Waals surface area contributed by atoms with Crippen LogP contribution in [-0.4, -0.2) is 62.4 Å². The van der Waals surface area contributed by atoms with Crippen molar-refractivity contribution in [1.29, 1.82) is 0 Å². The van der Waals surface area contributed by atoms with Crippen molar-refractivity contribution in [3.05, 3.63) is 52.9 Å². The molecule has 6 N–H and O–H groups in total. The van der Waals surface area contributed by atoms with E-state index in [1.807, 2.05) is 30.3 Å². The number of nitrogens with one attached hydrogen (secondary N) is 3. The molecule has 2 aromatic heterocycles. The number of H-pyrrole nitrogens is 2. The van der Waals surface area contributed by atoms with E-state index in [9.17, 15) is 20.1 Å². The topological polar surface area (TPSA) is 131 Å². The highest BCUT2D eigenvalue weighted by Crippen LogP contribution is 2.26. The van der Waals surface area contributed by atoms with Crippen LogP contribution < -0.4 is 10.9 Å². The molecule has 3 heterocycles. The highest BCUT2D eigenvalue weighted by Gasteiger charge is 2.42. The Hall–Kier alpha value is -2.65. The second-order valence-corrected chi connectivity index (χ2v) is 7.11. The van der Waals surface area contributed by atoms with Crippen LogP contribution in [0.1, 0.15) is 6.92 Å². The van der Waals surface area contributed by atoms with Gasteiger partial charge in [-0.1, -0.05) is 6.07 Å². The van der Waals surface area contributed by atoms with E-state index >= 15 is 0 Å². The zero-order valence-corrected chi connectivity index (χ0v) is 15.3. The molecule has 0 spiro atoms. The minimum Gasteiger partial charge on any atom is -0.394 e. The number of hydrogen-bond donors (Lipinski definition) is 6. The number of fused-ring (bicyclic) bond motifs is 1. The molecule has 5 unspecified atom stereocenters. The maximum atomic E-state index is 12.4. The van der Waals surface area contributed by atoms with Crippen molar-refractivity contribution in [2.24, 2.45) is 0 Å². The molecule has 3 aromatic rings. The molecule has 0 bridgehead atoms. The Balaban J connectivity index is 1.62. The van der Waals surface area contributed by atoms with Gasteiger partial charge in [0.05, 0.1) is 35.5 Å². The van der Waals surface area contributed by atoms with Gasteiger partial charge >= 0.3 is 0 Å². The zero-order valence-electron chi connectivity index (χ0n) is 15.3. The van der Waals surface area contributed by atoms with E-state index in [0.29, 0.717) is 16.8 Å². The monoisotopic (exact) mass is 385 g/mol. The number of hydrogen-bond acceptors (Lipinski definition) is 6. The molecule has 8 nitrogen and oxygen atoms in total. The lowest BCUT2D eigenvalue weighted by Crippen LogP contribution is -2.60. The van der Waals surface area contributed by atoms with Crippen molar-refractivity contribution in [3.8, 4) is 11.3 Å². The summed E-state index contributed by atoms with van der Waals surface area (Å²) < 4.78 is 5.58. The van der Waals surface area contributed by atoms with Crippen molar-refractivity contribution in [1.82, 2.24) is 9.97 Å². The normalized spacial score (nSPS) is 27.8. The maximum Gasteiger partial charge on any atom is 0.257 e. The second-order valence-electron chi connectivity index (χ2n) is 7.11. The second kappa shape index (κ2) is 7.40. The fraction of sp³-hybridized carbons (Fsp3) is 0.350. The van der Waals surface area contributed by atoms with Gasteiger partial charge in [-0.2, -0.15) is 0 Å². The zero-order chi connectivity index (χ0) is 19.8. The molecule has 1 saturated heterocycles. The SMILES string of the molecule is CC1OC(CO)C(O)C(O)C1Nc1ccc2cc(-c3ccc[nH]3)c(=O)[nH]c2c1. The lowest BCUT2D eigenvalue weighted by molar-refractivity contribution is -0.180. The summed E-state index contributed by atoms with van der Waals surface area (Å²) in [6.07, 6.45) is -1.78. The number of ether oxygens (including phenoxy) is 1. The van der Waals surface area contributed by atoms with Gasteiger partial charge in [0.25, 0.3) is 5.56 Å². The van der Waals surface area contributed by atoms with Crippen LogP contribution in [0.15, 0.2) is 47.4 Å². The van der Waals surface area contributed by atoms with Gasteiger partial charge in [-0.25, -0.2) is 0 Å². The lowest BCUT2D eigenvalue weighted by Gasteiger charge is -2.41. The van der Waals surface area contributed by atoms with E-state index in [1.54, 1.807) is 19.2 Å². The molecule has 1 aliphatic rings. The number of aliphatic hydroxyl groups is 3. The van der Waals surface area contributed by atoms with Gasteiger partial charge < -0.3 is 35.3 Å². The number of aromatic amines is 2. The van der Waals surface area contributed by atoms with Gasteiger partial charge in [0.15, 0.2) is 0 Å². The minimum absolute atomic E-state index is 0.206. The molecule has 0 aliphatic carbocycles. The summed E-state index contributed by atoms with van der Waals surface area (Å²) in [5, 5.41) is 33.8. The Morgan fingerprint density at radius 3 is 2.71 bits per heavy atom. The Bertz CT molecular complexity index is 1020. The first kappa shape index (κ1) is 18.7. The number of benzene rings is 1. The molecule has 1 fully saturated rings. The third-order valence-corrected chi connectivity index (χ3v) is 5.24. The molecule has 0 saturated carbocycles. The molecule has 5 atom stereocenters. The first-order valence-electron chi connectivity index (χ1n) is 9.18. The van der Waals surface area contributed by atoms with Crippen molar-refractivity contribution in [2.75, 3.05) is 11.9 Å². The quantitative estimate of drug-likeness (QED) is 0.394. The van der Waals surface area contributed by atoms with Crippen LogP contribution in [0, 0.1) is 0 Å². The van der Waals surface area contributed by atoms with E-state index in [0.717, 1.165) is 11.1 Å². The third-order valence-electron chi connectivity index (χ3n) is 5.24. The predicted molar refractivity (Wildman–Crippen MR) is 105 cm³/mol. The average Bonchev–Trinajstić information content (AvgIpc) is 3.22. The Kier molecular flexibility index (Phi) is 4.94. The molecule has 0 radical (unpaired) electrons. The van der Waals surface area contributed by atoms with Crippen LogP contribution in [0.5, 0.6) is 0 Å². The fourth-order valence-corrected chi connectivity index (χ4v) is 3.69. The summed E-state index contributed by atoms with van der Waals surface area (Å²) in [5.74, 6) is 0. The summed E-state index contributed by atoms with van der Waals surface area (Å²) in [6.45, 7) is 1.40. The van der Waals surface area contributed by atoms with E-state index in [-0.39, 0.29) is 12.2 Å². The average molecular weight is 385 g/mol. The van der Waals surface area contributed by atoms with Crippen molar-refractivity contribution in [3.63, 3.8) is 0 Å². The number of pyridine rings is 1. The Morgan fingerprint density at radius 1 is 1.18 bits per heavy atom. The van der Waals surface area contributed by atoms with Gasteiger partial charge in [-0.3, -0.25) is 4.79 Å². The molecular weight excluding hydrogens is 362 g/mol. The summed E-state index contributed by atoms with van der Waals surface area (Å²) in [5.41, 5.74) is 2.42. The number of aliphatic hydroxyl groups excluding tert-OH is 3. The lowest BCUT2D eigenvalue weighted by atomic mass is 9.93. The smallest absolute Gasteiger partial charge is 0.257 e. The highest BCUT2D eigenvalue weighted by atomic mass is 16.5. The van der Waals surface area contributed by atoms with Crippen LogP contribution in [-0.2, 0) is 4.74 Å². The van der Waals surface area contributed by atoms with E-state index < -0.39 is 30.5 Å². The molecule has 28 heavy (non-hydrogen) atoms. The molecule has 4 rings (SSSR count). The number of rotatable bonds is 4. The largest absolute Gasteiger partial charge is 0.394 e. The summed E-state index contributed by atoms with van der Waals surface area (Å²) in [4.78, 5) is 18.3. The van der Waals surface area contributed by atoms with E-state index in [4.69, 9.17) is 4.74 Å². The van der Waals surface area contributed by atoms with Crippen LogP contribution in [0.3, 0.4) is 0 Å². The van der Waals surface area contributed by atoms with Crippen molar-refractivity contribution >= 4 is 16.6 Å². The summed E-state index contributed by atoms with van der Waals surface area (Å²) in [7, 11) is 0. The Labute approximate surface area is 160 Å². The van der Waals surface area contributed by atoms with Crippen LogP contribution >= 0.6 is 0 Å². The van der Waals surface area contributed by atoms with Crippen LogP contribution in [0.2, 0.25) is 0 Å². The Morgan fingerprint density at radius 2 is 2.00 bits per heavy atom. The minimum atomic E-state index is -1.19. The van der Waals surface area contributed by atoms with Crippen LogP contribution in [0.4, 0.5) is 5.69 Å². The third kappa shape index (κ3) is 3.31. The van der Waals surface area contributed by atoms with Gasteiger partial charge in [0.2, 0.25) is 0 Å². The van der Waals surface area contributed by atoms with Gasteiger partial charge in [-0.15, -0.1) is 0 Å². The van der Waals surface area contributed by atoms with E-state index in [2.05, 4.69) is 15.3 Å². The standard InChI is InChI=1S/C20H23N3O5/c1-10-17(19(26)18(25)16(9-24)28-10)22-12-5-4-11-7-13(14-3-2-6-21-14)20(27)23-15(11)8-12/h2-8,10,16-19,21-22,24-26H,9H2,1H3,(H,23,27). The molecule has 1 aliphatic heterocycles. The molecule has 148 valence electrons. The predicted octanol–water partition coefficient (Wildman–Crippen LogP) is 0.805. The first-order chi connectivity index (χ1) is 13.5. The van der Waals surface area contributed by atoms with Gasteiger partial charge in [0, 0.05) is 11.9 Å². The summed E-state index contributed by atoms with van der Waals surface area (Å²) >= 11 is 0. The first-order valence-corrected chi connectivity index (χ1v) is 9.18. The molecular formula is C20H23N3O5. The number of anilines is 1. The summed E-state index contributed by atoms with van der Waals surface area (Å²) in [6, 6.07) is 10.4. The van der Waals surface area contributed by atoms with E-state index in [1.165, 1.54) is 0 Å².